The van der Waals surface area contributed by atoms with Crippen LogP contribution >= 0.6 is 0 Å². The molecule has 1 unspecified atom stereocenters. The van der Waals surface area contributed by atoms with Crippen molar-refractivity contribution in [1.29, 1.82) is 0 Å². The van der Waals surface area contributed by atoms with Gasteiger partial charge in [-0.25, -0.2) is 0 Å². The van der Waals surface area contributed by atoms with Crippen LogP contribution in [0.1, 0.15) is 45.4 Å². The molecule has 0 aliphatic heterocycles. The number of likely N-dealkylation sites (N-methyl/N-ethyl adjacent to an activating group) is 2. The maximum Gasteiger partial charge on any atom is 0.389 e. The van der Waals surface area contributed by atoms with Crippen molar-refractivity contribution in [2.24, 2.45) is 0 Å². The first-order chi connectivity index (χ1) is 8.32. The molecule has 2 nitrogen and oxygen atoms in total. The number of hydrogen-bond donors (Lipinski definition) is 1. The van der Waals surface area contributed by atoms with Crippen LogP contribution < -0.4 is 5.32 Å². The molecule has 0 radical (unpaired) electrons. The lowest BCUT2D eigenvalue weighted by Crippen LogP contribution is -2.57. The molecule has 1 N–H and O–H groups in total. The number of halogens is 3. The lowest BCUT2D eigenvalue weighted by atomic mass is 9.84. The smallest absolute Gasteiger partial charge is 0.312 e. The van der Waals surface area contributed by atoms with Gasteiger partial charge in [0, 0.05) is 18.0 Å². The van der Waals surface area contributed by atoms with Crippen LogP contribution in [-0.4, -0.2) is 43.3 Å². The Morgan fingerprint density at radius 2 is 1.78 bits per heavy atom. The first kappa shape index (κ1) is 15.8. The van der Waals surface area contributed by atoms with E-state index in [1.807, 2.05) is 21.0 Å². The van der Waals surface area contributed by atoms with Crippen molar-refractivity contribution in [2.45, 2.75) is 63.2 Å². The maximum atomic E-state index is 12.4. The van der Waals surface area contributed by atoms with E-state index in [2.05, 4.69) is 10.2 Å². The van der Waals surface area contributed by atoms with Gasteiger partial charge in [-0.05, 0) is 39.9 Å². The highest BCUT2D eigenvalue weighted by Crippen LogP contribution is 2.39. The van der Waals surface area contributed by atoms with Crippen LogP contribution in [0.2, 0.25) is 0 Å². The number of alkyl halides is 3. The fourth-order valence-electron chi connectivity index (χ4n) is 3.21. The second-order valence-corrected chi connectivity index (χ2v) is 5.47. The largest absolute Gasteiger partial charge is 0.389 e. The summed E-state index contributed by atoms with van der Waals surface area (Å²) in [5.74, 6) is 0. The molecule has 0 aromatic carbocycles. The van der Waals surface area contributed by atoms with Gasteiger partial charge >= 0.3 is 6.18 Å². The molecule has 0 bridgehead atoms. The zero-order chi connectivity index (χ0) is 13.8. The van der Waals surface area contributed by atoms with E-state index >= 15 is 0 Å². The summed E-state index contributed by atoms with van der Waals surface area (Å²) >= 11 is 0. The van der Waals surface area contributed by atoms with Crippen LogP contribution in [0.4, 0.5) is 13.2 Å². The van der Waals surface area contributed by atoms with E-state index in [4.69, 9.17) is 0 Å². The van der Waals surface area contributed by atoms with Crippen LogP contribution in [0.5, 0.6) is 0 Å². The first-order valence-electron chi connectivity index (χ1n) is 6.79. The number of nitrogens with zero attached hydrogens (tertiary/aromatic N) is 1. The number of hydrogen-bond acceptors (Lipinski definition) is 2. The lowest BCUT2D eigenvalue weighted by molar-refractivity contribution is -0.138. The molecule has 1 saturated carbocycles. The first-order valence-corrected chi connectivity index (χ1v) is 6.79. The van der Waals surface area contributed by atoms with E-state index in [0.29, 0.717) is 0 Å². The van der Waals surface area contributed by atoms with Crippen LogP contribution in [0.3, 0.4) is 0 Å². The Hall–Kier alpha value is -0.290. The van der Waals surface area contributed by atoms with Crippen LogP contribution in [0.25, 0.3) is 0 Å². The third kappa shape index (κ3) is 3.85. The van der Waals surface area contributed by atoms with E-state index in [9.17, 15) is 13.2 Å². The van der Waals surface area contributed by atoms with Gasteiger partial charge in [-0.2, -0.15) is 13.2 Å². The molecule has 1 aliphatic carbocycles. The monoisotopic (exact) mass is 266 g/mol. The minimum Gasteiger partial charge on any atom is -0.312 e. The van der Waals surface area contributed by atoms with Gasteiger partial charge in [0.1, 0.15) is 0 Å². The Labute approximate surface area is 108 Å². The van der Waals surface area contributed by atoms with E-state index in [1.54, 1.807) is 0 Å². The highest BCUT2D eigenvalue weighted by molar-refractivity contribution is 5.02. The van der Waals surface area contributed by atoms with Crippen LogP contribution in [-0.2, 0) is 0 Å². The topological polar surface area (TPSA) is 15.3 Å². The van der Waals surface area contributed by atoms with Gasteiger partial charge < -0.3 is 10.2 Å². The summed E-state index contributed by atoms with van der Waals surface area (Å²) in [7, 11) is 3.98. The molecule has 0 spiro atoms. The molecule has 1 atom stereocenters. The molecule has 0 heterocycles. The summed E-state index contributed by atoms with van der Waals surface area (Å²) in [6, 6.07) is -0.0679. The Morgan fingerprint density at radius 3 is 2.17 bits per heavy atom. The van der Waals surface area contributed by atoms with Gasteiger partial charge in [-0.3, -0.25) is 0 Å². The highest BCUT2D eigenvalue weighted by atomic mass is 19.4. The van der Waals surface area contributed by atoms with Crippen molar-refractivity contribution in [3.8, 4) is 0 Å². The predicted molar refractivity (Wildman–Crippen MR) is 67.6 cm³/mol. The normalized spacial score (nSPS) is 21.5. The molecule has 5 heteroatoms. The molecule has 0 aromatic rings. The minimum absolute atomic E-state index is 0.0679. The maximum absolute atomic E-state index is 12.4. The van der Waals surface area contributed by atoms with Crippen molar-refractivity contribution in [3.05, 3.63) is 0 Å². The third-order valence-corrected chi connectivity index (χ3v) is 4.18. The standard InChI is InChI=1S/C13H25F3N2/c1-4-17-11(7-10-13(14,15)16)12(18(2)3)8-5-6-9-12/h11,17H,4-10H2,1-3H3. The van der Waals surface area contributed by atoms with E-state index < -0.39 is 12.6 Å². The zero-order valence-corrected chi connectivity index (χ0v) is 11.6. The second kappa shape index (κ2) is 6.24. The summed E-state index contributed by atoms with van der Waals surface area (Å²) < 4.78 is 37.3. The summed E-state index contributed by atoms with van der Waals surface area (Å²) in [5, 5.41) is 3.28. The third-order valence-electron chi connectivity index (χ3n) is 4.18. The van der Waals surface area contributed by atoms with Crippen molar-refractivity contribution in [2.75, 3.05) is 20.6 Å². The SMILES string of the molecule is CCNC(CCC(F)(F)F)C1(N(C)C)CCCC1. The molecule has 108 valence electrons. The summed E-state index contributed by atoms with van der Waals surface area (Å²) in [4.78, 5) is 2.13. The molecular weight excluding hydrogens is 241 g/mol. The molecule has 1 fully saturated rings. The second-order valence-electron chi connectivity index (χ2n) is 5.47. The van der Waals surface area contributed by atoms with Crippen molar-refractivity contribution >= 4 is 0 Å². The van der Waals surface area contributed by atoms with Gasteiger partial charge in [-0.1, -0.05) is 19.8 Å². The minimum atomic E-state index is -4.06. The zero-order valence-electron chi connectivity index (χ0n) is 11.6. The average Bonchev–Trinajstić information content (AvgIpc) is 2.73. The van der Waals surface area contributed by atoms with Crippen molar-refractivity contribution in [1.82, 2.24) is 10.2 Å². The fourth-order valence-corrected chi connectivity index (χ4v) is 3.21. The molecule has 18 heavy (non-hydrogen) atoms. The van der Waals surface area contributed by atoms with Crippen LogP contribution in [0.15, 0.2) is 0 Å². The molecule has 1 rings (SSSR count). The number of rotatable bonds is 6. The Morgan fingerprint density at radius 1 is 1.22 bits per heavy atom. The summed E-state index contributed by atoms with van der Waals surface area (Å²) in [5.41, 5.74) is -0.0960. The summed E-state index contributed by atoms with van der Waals surface area (Å²) in [6.45, 7) is 2.68. The molecular formula is C13H25F3N2. The van der Waals surface area contributed by atoms with Crippen LogP contribution in [0, 0.1) is 0 Å². The van der Waals surface area contributed by atoms with E-state index in [-0.39, 0.29) is 18.0 Å². The van der Waals surface area contributed by atoms with Gasteiger partial charge in [0.25, 0.3) is 0 Å². The van der Waals surface area contributed by atoms with Gasteiger partial charge in [0.2, 0.25) is 0 Å². The Bertz CT molecular complexity index is 245. The van der Waals surface area contributed by atoms with Gasteiger partial charge in [0.05, 0.1) is 0 Å². The van der Waals surface area contributed by atoms with E-state index in [1.165, 1.54) is 0 Å². The number of nitrogens with one attached hydrogen (secondary N) is 1. The average molecular weight is 266 g/mol. The fraction of sp³-hybridized carbons (Fsp3) is 1.00. The van der Waals surface area contributed by atoms with Gasteiger partial charge in [0.15, 0.2) is 0 Å². The lowest BCUT2D eigenvalue weighted by Gasteiger charge is -2.44. The van der Waals surface area contributed by atoms with Crippen molar-refractivity contribution < 1.29 is 13.2 Å². The van der Waals surface area contributed by atoms with Gasteiger partial charge in [-0.15, -0.1) is 0 Å². The Kier molecular flexibility index (Phi) is 5.46. The molecule has 0 aromatic heterocycles. The summed E-state index contributed by atoms with van der Waals surface area (Å²) in [6.07, 6.45) is -0.348. The molecule has 0 amide bonds. The van der Waals surface area contributed by atoms with E-state index in [0.717, 1.165) is 32.2 Å². The Balaban J connectivity index is 2.74. The highest BCUT2D eigenvalue weighted by Gasteiger charge is 2.43. The van der Waals surface area contributed by atoms with Crippen molar-refractivity contribution in [3.63, 3.8) is 0 Å². The predicted octanol–water partition coefficient (Wildman–Crippen LogP) is 3.18. The quantitative estimate of drug-likeness (QED) is 0.794. The molecule has 0 saturated heterocycles. The molecule has 1 aliphatic rings.